The van der Waals surface area contributed by atoms with E-state index in [4.69, 9.17) is 16.0 Å². The second kappa shape index (κ2) is 7.38. The SMILES string of the molecule is O=C(c1ccoc1)n1nc(-c2cc[nH]c(=O)c2)cc1CCc1ccc(Cl)s1. The monoisotopic (exact) mass is 399 g/mol. The number of pyridine rings is 1. The molecule has 136 valence electrons. The lowest BCUT2D eigenvalue weighted by Crippen LogP contribution is -2.16. The fourth-order valence-corrected chi connectivity index (χ4v) is 3.85. The van der Waals surface area contributed by atoms with Gasteiger partial charge >= 0.3 is 0 Å². The number of aromatic nitrogens is 3. The van der Waals surface area contributed by atoms with Crippen molar-refractivity contribution in [3.8, 4) is 11.3 Å². The van der Waals surface area contributed by atoms with E-state index in [0.717, 1.165) is 21.3 Å². The molecule has 4 heterocycles. The molecule has 0 amide bonds. The van der Waals surface area contributed by atoms with E-state index in [0.29, 0.717) is 23.2 Å². The number of aryl methyl sites for hydroxylation is 2. The molecule has 8 heteroatoms. The number of nitrogens with one attached hydrogen (secondary N) is 1. The van der Waals surface area contributed by atoms with E-state index >= 15 is 0 Å². The molecule has 0 aromatic carbocycles. The van der Waals surface area contributed by atoms with Crippen molar-refractivity contribution in [2.75, 3.05) is 0 Å². The minimum absolute atomic E-state index is 0.224. The summed E-state index contributed by atoms with van der Waals surface area (Å²) in [7, 11) is 0. The molecule has 0 radical (unpaired) electrons. The summed E-state index contributed by atoms with van der Waals surface area (Å²) < 4.78 is 7.12. The molecule has 4 rings (SSSR count). The molecule has 0 aliphatic carbocycles. The van der Waals surface area contributed by atoms with Crippen molar-refractivity contribution in [3.05, 3.63) is 85.9 Å². The highest BCUT2D eigenvalue weighted by Gasteiger charge is 2.18. The summed E-state index contributed by atoms with van der Waals surface area (Å²) in [5.41, 5.74) is 2.16. The van der Waals surface area contributed by atoms with Crippen molar-refractivity contribution in [2.24, 2.45) is 0 Å². The molecule has 4 aromatic heterocycles. The minimum Gasteiger partial charge on any atom is -0.472 e. The van der Waals surface area contributed by atoms with Gasteiger partial charge in [-0.1, -0.05) is 11.6 Å². The lowest BCUT2D eigenvalue weighted by molar-refractivity contribution is 0.0941. The lowest BCUT2D eigenvalue weighted by atomic mass is 10.1. The standard InChI is InChI=1S/C19H14ClN3O3S/c20-17-4-3-15(27-17)2-1-14-10-16(12-5-7-21-18(24)9-12)22-23(14)19(25)13-6-8-26-11-13/h3-11H,1-2H2,(H,21,24). The fourth-order valence-electron chi connectivity index (χ4n) is 2.76. The Morgan fingerprint density at radius 2 is 2.11 bits per heavy atom. The molecule has 0 unspecified atom stereocenters. The van der Waals surface area contributed by atoms with Crippen LogP contribution in [0.3, 0.4) is 0 Å². The van der Waals surface area contributed by atoms with Crippen LogP contribution in [0.1, 0.15) is 20.9 Å². The number of aromatic amines is 1. The van der Waals surface area contributed by atoms with Gasteiger partial charge in [-0.3, -0.25) is 9.59 Å². The number of furan rings is 1. The molecule has 0 aliphatic rings. The van der Waals surface area contributed by atoms with E-state index in [-0.39, 0.29) is 11.5 Å². The molecule has 0 spiro atoms. The van der Waals surface area contributed by atoms with Gasteiger partial charge in [0.1, 0.15) is 6.26 Å². The average Bonchev–Trinajstić information content (AvgIpc) is 3.40. The summed E-state index contributed by atoms with van der Waals surface area (Å²) in [6.07, 6.45) is 5.73. The van der Waals surface area contributed by atoms with Crippen LogP contribution in [0.25, 0.3) is 11.3 Å². The number of carbonyl (C=O) groups is 1. The summed E-state index contributed by atoms with van der Waals surface area (Å²) in [6.45, 7) is 0. The minimum atomic E-state index is -0.279. The normalized spacial score (nSPS) is 11.0. The van der Waals surface area contributed by atoms with Crippen molar-refractivity contribution in [1.82, 2.24) is 14.8 Å². The molecule has 0 fully saturated rings. The second-order valence-corrected chi connectivity index (χ2v) is 7.70. The third-order valence-corrected chi connectivity index (χ3v) is 5.36. The van der Waals surface area contributed by atoms with Gasteiger partial charge in [0, 0.05) is 28.4 Å². The van der Waals surface area contributed by atoms with Crippen LogP contribution in [0.4, 0.5) is 0 Å². The van der Waals surface area contributed by atoms with Crippen molar-refractivity contribution in [1.29, 1.82) is 0 Å². The first kappa shape index (κ1) is 17.5. The van der Waals surface area contributed by atoms with Crippen LogP contribution in [0.5, 0.6) is 0 Å². The number of nitrogens with zero attached hydrogens (tertiary/aromatic N) is 2. The maximum absolute atomic E-state index is 12.8. The van der Waals surface area contributed by atoms with Crippen LogP contribution in [0, 0.1) is 0 Å². The van der Waals surface area contributed by atoms with Gasteiger partial charge in [0.25, 0.3) is 5.91 Å². The van der Waals surface area contributed by atoms with Crippen molar-refractivity contribution in [2.45, 2.75) is 12.8 Å². The summed E-state index contributed by atoms with van der Waals surface area (Å²) in [4.78, 5) is 28.1. The van der Waals surface area contributed by atoms with E-state index in [1.54, 1.807) is 18.3 Å². The first-order chi connectivity index (χ1) is 13.1. The molecular formula is C19H14ClN3O3S. The molecule has 0 saturated carbocycles. The molecule has 1 N–H and O–H groups in total. The van der Waals surface area contributed by atoms with Crippen LogP contribution in [0.15, 0.2) is 64.3 Å². The van der Waals surface area contributed by atoms with Crippen LogP contribution in [0.2, 0.25) is 4.34 Å². The molecule has 27 heavy (non-hydrogen) atoms. The quantitative estimate of drug-likeness (QED) is 0.549. The number of hydrogen-bond donors (Lipinski definition) is 1. The number of carbonyl (C=O) groups excluding carboxylic acids is 1. The van der Waals surface area contributed by atoms with Crippen LogP contribution in [-0.2, 0) is 12.8 Å². The van der Waals surface area contributed by atoms with Gasteiger partial charge < -0.3 is 9.40 Å². The van der Waals surface area contributed by atoms with Gasteiger partial charge in [0.15, 0.2) is 0 Å². The Morgan fingerprint density at radius 1 is 1.22 bits per heavy atom. The summed E-state index contributed by atoms with van der Waals surface area (Å²) in [6, 6.07) is 10.5. The molecule has 6 nitrogen and oxygen atoms in total. The van der Waals surface area contributed by atoms with Gasteiger partial charge in [0.2, 0.25) is 5.56 Å². The van der Waals surface area contributed by atoms with Crippen LogP contribution in [-0.4, -0.2) is 20.7 Å². The second-order valence-electron chi connectivity index (χ2n) is 5.90. The maximum atomic E-state index is 12.8. The smallest absolute Gasteiger partial charge is 0.281 e. The zero-order valence-electron chi connectivity index (χ0n) is 14.0. The van der Waals surface area contributed by atoms with Gasteiger partial charge in [-0.25, -0.2) is 4.68 Å². The Morgan fingerprint density at radius 3 is 2.81 bits per heavy atom. The van der Waals surface area contributed by atoms with Gasteiger partial charge in [-0.05, 0) is 43.2 Å². The predicted octanol–water partition coefficient (Wildman–Crippen LogP) is 4.02. The van der Waals surface area contributed by atoms with Crippen molar-refractivity contribution >= 4 is 28.8 Å². The molecule has 4 aromatic rings. The van der Waals surface area contributed by atoms with Crippen molar-refractivity contribution < 1.29 is 9.21 Å². The molecule has 0 bridgehead atoms. The van der Waals surface area contributed by atoms with E-state index in [1.807, 2.05) is 18.2 Å². The maximum Gasteiger partial charge on any atom is 0.281 e. The first-order valence-electron chi connectivity index (χ1n) is 8.19. The van der Waals surface area contributed by atoms with Gasteiger partial charge in [-0.15, -0.1) is 11.3 Å². The molecule has 0 saturated heterocycles. The third kappa shape index (κ3) is 3.79. The number of halogens is 1. The van der Waals surface area contributed by atoms with E-state index < -0.39 is 0 Å². The highest BCUT2D eigenvalue weighted by molar-refractivity contribution is 7.16. The first-order valence-corrected chi connectivity index (χ1v) is 9.39. The highest BCUT2D eigenvalue weighted by atomic mass is 35.5. The Labute approximate surface area is 163 Å². The van der Waals surface area contributed by atoms with Crippen LogP contribution >= 0.6 is 22.9 Å². The fraction of sp³-hybridized carbons (Fsp3) is 0.105. The molecule has 0 atom stereocenters. The zero-order valence-corrected chi connectivity index (χ0v) is 15.6. The topological polar surface area (TPSA) is 80.9 Å². The van der Waals surface area contributed by atoms with Crippen LogP contribution < -0.4 is 5.56 Å². The van der Waals surface area contributed by atoms with Crippen molar-refractivity contribution in [3.63, 3.8) is 0 Å². The Kier molecular flexibility index (Phi) is 4.79. The summed E-state index contributed by atoms with van der Waals surface area (Å²) in [5.74, 6) is -0.279. The Balaban J connectivity index is 1.70. The van der Waals surface area contributed by atoms with E-state index in [1.165, 1.54) is 34.6 Å². The number of rotatable bonds is 5. The number of thiophene rings is 1. The van der Waals surface area contributed by atoms with E-state index in [9.17, 15) is 9.59 Å². The number of hydrogen-bond acceptors (Lipinski definition) is 5. The van der Waals surface area contributed by atoms with E-state index in [2.05, 4.69) is 10.1 Å². The lowest BCUT2D eigenvalue weighted by Gasteiger charge is -2.04. The Hall–Kier alpha value is -2.90. The molecule has 0 aliphatic heterocycles. The average molecular weight is 400 g/mol. The zero-order chi connectivity index (χ0) is 18.8. The highest BCUT2D eigenvalue weighted by Crippen LogP contribution is 2.24. The Bertz CT molecular complexity index is 1140. The summed E-state index contributed by atoms with van der Waals surface area (Å²) in [5, 5.41) is 4.44. The van der Waals surface area contributed by atoms with Gasteiger partial charge in [-0.2, -0.15) is 5.10 Å². The summed E-state index contributed by atoms with van der Waals surface area (Å²) >= 11 is 7.51. The molecular weight excluding hydrogens is 386 g/mol. The predicted molar refractivity (Wildman–Crippen MR) is 103 cm³/mol. The van der Waals surface area contributed by atoms with Gasteiger partial charge in [0.05, 0.1) is 21.9 Å². The third-order valence-electron chi connectivity index (χ3n) is 4.07. The largest absolute Gasteiger partial charge is 0.472 e. The number of H-pyrrole nitrogens is 1.